The average Bonchev–Trinajstić information content (AvgIpc) is 4.09. The maximum absolute atomic E-state index is 14.0. The lowest BCUT2D eigenvalue weighted by atomic mass is 9.99. The Bertz CT molecular complexity index is 3170. The zero-order valence-corrected chi connectivity index (χ0v) is 35.8. The van der Waals surface area contributed by atoms with Crippen molar-refractivity contribution in [2.45, 2.75) is 77.2 Å². The number of benzene rings is 3. The molecule has 9 heterocycles. The molecule has 318 valence electrons. The number of hydrogen-bond acceptors (Lipinski definition) is 6. The van der Waals surface area contributed by atoms with E-state index in [1.807, 2.05) is 49.6 Å². The molecule has 8 aromatic rings. The van der Waals surface area contributed by atoms with Crippen molar-refractivity contribution in [3.8, 4) is 28.3 Å². The number of ether oxygens (including phenoxy) is 1. The summed E-state index contributed by atoms with van der Waals surface area (Å²) in [5.74, 6) is -0.0409. The van der Waals surface area contributed by atoms with Crippen LogP contribution in [0.1, 0.15) is 59.5 Å². The molecular weight excluding hydrogens is 813 g/mol. The molecule has 0 saturated carbocycles. The van der Waals surface area contributed by atoms with Crippen LogP contribution in [-0.4, -0.2) is 59.1 Å². The highest BCUT2D eigenvalue weighted by Gasteiger charge is 2.33. The monoisotopic (exact) mass is 859 g/mol. The van der Waals surface area contributed by atoms with Crippen LogP contribution in [0.25, 0.3) is 44.3 Å². The van der Waals surface area contributed by atoms with Gasteiger partial charge in [0.1, 0.15) is 18.2 Å². The molecule has 2 atom stereocenters. The van der Waals surface area contributed by atoms with Gasteiger partial charge in [-0.1, -0.05) is 35.9 Å². The van der Waals surface area contributed by atoms with Crippen LogP contribution in [0.15, 0.2) is 119 Å². The zero-order chi connectivity index (χ0) is 42.8. The van der Waals surface area contributed by atoms with Crippen LogP contribution < -0.4 is 15.9 Å². The molecular formula is C51H47ClFN7O3. The summed E-state index contributed by atoms with van der Waals surface area (Å²) >= 11 is 5.79. The Balaban J connectivity index is 0.000000142. The van der Waals surface area contributed by atoms with E-state index in [-0.39, 0.29) is 17.7 Å². The zero-order valence-electron chi connectivity index (χ0n) is 35.0. The summed E-state index contributed by atoms with van der Waals surface area (Å²) in [5.41, 5.74) is 12.3. The van der Waals surface area contributed by atoms with Crippen molar-refractivity contribution >= 4 is 33.4 Å². The number of aryl methyl sites for hydroxylation is 1. The van der Waals surface area contributed by atoms with Crippen molar-refractivity contribution in [3.05, 3.63) is 175 Å². The molecule has 2 saturated heterocycles. The molecule has 0 spiro atoms. The molecule has 4 aliphatic rings. The molecule has 2 fully saturated rings. The highest BCUT2D eigenvalue weighted by molar-refractivity contribution is 6.30. The number of nitrogens with zero attached hydrogens (tertiary/aromatic N) is 5. The number of aromatic nitrogens is 5. The van der Waals surface area contributed by atoms with E-state index < -0.39 is 5.82 Å². The molecule has 2 N–H and O–H groups in total. The van der Waals surface area contributed by atoms with E-state index in [0.29, 0.717) is 28.4 Å². The number of nitrogens with one attached hydrogen (secondary N) is 2. The Morgan fingerprint density at radius 2 is 1.33 bits per heavy atom. The number of rotatable bonds is 6. The molecule has 12 heteroatoms. The van der Waals surface area contributed by atoms with E-state index in [2.05, 4.69) is 49.0 Å². The van der Waals surface area contributed by atoms with Gasteiger partial charge in [0.05, 0.1) is 11.4 Å². The number of halogens is 2. The van der Waals surface area contributed by atoms with Gasteiger partial charge in [-0.2, -0.15) is 0 Å². The summed E-state index contributed by atoms with van der Waals surface area (Å²) < 4.78 is 22.9. The van der Waals surface area contributed by atoms with E-state index in [9.17, 15) is 14.0 Å². The summed E-state index contributed by atoms with van der Waals surface area (Å²) in [6.07, 6.45) is 12.7. The highest BCUT2D eigenvalue weighted by atomic mass is 35.5. The van der Waals surface area contributed by atoms with Gasteiger partial charge in [0, 0.05) is 124 Å². The topological polar surface area (TPSA) is 104 Å². The Morgan fingerprint density at radius 1 is 0.714 bits per heavy atom. The Hall–Kier alpha value is -6.27. The summed E-state index contributed by atoms with van der Waals surface area (Å²) in [4.78, 5) is 42.5. The predicted molar refractivity (Wildman–Crippen MR) is 246 cm³/mol. The molecule has 2 unspecified atom stereocenters. The largest absolute Gasteiger partial charge is 0.489 e. The van der Waals surface area contributed by atoms with E-state index in [0.717, 1.165) is 65.2 Å². The van der Waals surface area contributed by atoms with Gasteiger partial charge >= 0.3 is 0 Å². The number of aromatic amines is 2. The second-order valence-electron chi connectivity index (χ2n) is 17.5. The molecule has 0 amide bonds. The second kappa shape index (κ2) is 16.1. The van der Waals surface area contributed by atoms with Gasteiger partial charge in [0.15, 0.2) is 0 Å². The standard InChI is InChI=1S/C26H23ClFN3O2.C25H24N4O/c27-17-4-3-16(23(28)10-17)15-33-20-7-9-31(26(32)13-20)19-5-6-21-22-14-30-8-1-2-18(30)11-25(22)29-24(21)12-19;1-16-4-5-18(14-26-16)17-8-10-29(25(30)11-17)20-6-7-21-22-15-28-9-2-3-19(28)12-24(22)27-23(21)13-20/h3-7,9-10,12-13,18,29H,1-2,8,11,14-15H2;4-8,10-11,13-14,19,27H,2-3,9,12,15H2,1H3. The van der Waals surface area contributed by atoms with Crippen LogP contribution in [0.3, 0.4) is 0 Å². The van der Waals surface area contributed by atoms with E-state index >= 15 is 0 Å². The molecule has 5 aromatic heterocycles. The Morgan fingerprint density at radius 3 is 1.90 bits per heavy atom. The SMILES string of the molecule is Cc1ccc(-c2ccn(-c3ccc4c5c([nH]c4c3)CC3CCCN3C5)c(=O)c2)cn1.O=c1cc(OCc2ccc(Cl)cc2F)ccn1-c1ccc2c3c([nH]c2c1)CC1CCCN1C3. The van der Waals surface area contributed by atoms with Gasteiger partial charge in [-0.15, -0.1) is 0 Å². The summed E-state index contributed by atoms with van der Waals surface area (Å²) in [6.45, 7) is 6.42. The van der Waals surface area contributed by atoms with Crippen molar-refractivity contribution in [2.24, 2.45) is 0 Å². The smallest absolute Gasteiger partial charge is 0.258 e. The number of pyridine rings is 3. The first kappa shape index (κ1) is 39.6. The molecule has 10 nitrogen and oxygen atoms in total. The highest BCUT2D eigenvalue weighted by Crippen LogP contribution is 2.36. The average molecular weight is 860 g/mol. The minimum atomic E-state index is -0.432. The van der Waals surface area contributed by atoms with Gasteiger partial charge < -0.3 is 14.7 Å². The lowest BCUT2D eigenvalue weighted by Gasteiger charge is -2.29. The van der Waals surface area contributed by atoms with Crippen LogP contribution >= 0.6 is 11.6 Å². The van der Waals surface area contributed by atoms with Crippen molar-refractivity contribution < 1.29 is 9.13 Å². The minimum absolute atomic E-state index is 0.0183. The Kier molecular flexibility index (Phi) is 10.1. The normalized spacial score (nSPS) is 18.1. The second-order valence-corrected chi connectivity index (χ2v) is 17.9. The molecule has 12 rings (SSSR count). The quantitative estimate of drug-likeness (QED) is 0.173. The van der Waals surface area contributed by atoms with Crippen molar-refractivity contribution in [3.63, 3.8) is 0 Å². The predicted octanol–water partition coefficient (Wildman–Crippen LogP) is 9.42. The van der Waals surface area contributed by atoms with Gasteiger partial charge in [-0.25, -0.2) is 4.39 Å². The van der Waals surface area contributed by atoms with Crippen LogP contribution in [0.4, 0.5) is 4.39 Å². The van der Waals surface area contributed by atoms with Crippen molar-refractivity contribution in [1.29, 1.82) is 0 Å². The van der Waals surface area contributed by atoms with Gasteiger partial charge in [0.2, 0.25) is 0 Å². The van der Waals surface area contributed by atoms with Crippen molar-refractivity contribution in [2.75, 3.05) is 13.1 Å². The first-order valence-electron chi connectivity index (χ1n) is 21.9. The molecule has 4 aliphatic heterocycles. The minimum Gasteiger partial charge on any atom is -0.489 e. The fourth-order valence-corrected chi connectivity index (χ4v) is 10.4. The summed E-state index contributed by atoms with van der Waals surface area (Å²) in [6, 6.07) is 29.0. The van der Waals surface area contributed by atoms with E-state index in [4.69, 9.17) is 16.3 Å². The third-order valence-electron chi connectivity index (χ3n) is 13.6. The summed E-state index contributed by atoms with van der Waals surface area (Å²) in [5, 5.41) is 2.85. The maximum atomic E-state index is 14.0. The third-order valence-corrected chi connectivity index (χ3v) is 13.8. The van der Waals surface area contributed by atoms with E-state index in [1.165, 1.54) is 84.2 Å². The lowest BCUT2D eigenvalue weighted by molar-refractivity contribution is 0.227. The van der Waals surface area contributed by atoms with Crippen LogP contribution in [-0.2, 0) is 32.5 Å². The molecule has 3 aromatic carbocycles. The maximum Gasteiger partial charge on any atom is 0.258 e. The van der Waals surface area contributed by atoms with Crippen LogP contribution in [0.5, 0.6) is 5.75 Å². The first-order valence-corrected chi connectivity index (χ1v) is 22.3. The molecule has 63 heavy (non-hydrogen) atoms. The molecule has 0 radical (unpaired) electrons. The fourth-order valence-electron chi connectivity index (χ4n) is 10.2. The molecule has 0 aliphatic carbocycles. The van der Waals surface area contributed by atoms with Crippen LogP contribution in [0.2, 0.25) is 5.02 Å². The fraction of sp³-hybridized carbons (Fsp3) is 0.275. The van der Waals surface area contributed by atoms with Gasteiger partial charge in [-0.3, -0.25) is 33.5 Å². The number of fused-ring (bicyclic) bond motifs is 8. The van der Waals surface area contributed by atoms with Gasteiger partial charge in [0.25, 0.3) is 11.1 Å². The number of H-pyrrole nitrogens is 2. The first-order chi connectivity index (χ1) is 30.7. The lowest BCUT2D eigenvalue weighted by Crippen LogP contribution is -2.34. The Labute approximate surface area is 368 Å². The van der Waals surface area contributed by atoms with Crippen LogP contribution in [0, 0.1) is 12.7 Å². The van der Waals surface area contributed by atoms with Crippen molar-refractivity contribution in [1.82, 2.24) is 33.9 Å². The van der Waals surface area contributed by atoms with Gasteiger partial charge in [-0.05, 0) is 117 Å². The van der Waals surface area contributed by atoms with E-state index in [1.54, 1.807) is 39.6 Å². The number of hydrogen-bond donors (Lipinski definition) is 2. The molecule has 0 bridgehead atoms. The third kappa shape index (κ3) is 7.58. The summed E-state index contributed by atoms with van der Waals surface area (Å²) in [7, 11) is 0.